The number of urea groups is 1. The summed E-state index contributed by atoms with van der Waals surface area (Å²) in [4.78, 5) is 15.2. The third-order valence-electron chi connectivity index (χ3n) is 6.62. The Hall–Kier alpha value is -4.82. The second kappa shape index (κ2) is 11.6. The van der Waals surface area contributed by atoms with E-state index in [1.54, 1.807) is 22.5 Å². The minimum Gasteiger partial charge on any atom is -0.507 e. The van der Waals surface area contributed by atoms with Crippen LogP contribution in [0.3, 0.4) is 0 Å². The van der Waals surface area contributed by atoms with Crippen LogP contribution in [0.4, 0.5) is 10.6 Å². The lowest BCUT2D eigenvalue weighted by Gasteiger charge is -2.14. The molecule has 0 saturated carbocycles. The van der Waals surface area contributed by atoms with E-state index in [2.05, 4.69) is 34.7 Å². The van der Waals surface area contributed by atoms with Crippen molar-refractivity contribution in [3.05, 3.63) is 89.5 Å². The van der Waals surface area contributed by atoms with E-state index in [-0.39, 0.29) is 22.6 Å². The van der Waals surface area contributed by atoms with E-state index in [0.29, 0.717) is 18.1 Å². The molecule has 0 aliphatic rings. The van der Waals surface area contributed by atoms with E-state index in [1.165, 1.54) is 12.1 Å². The van der Waals surface area contributed by atoms with Crippen LogP contribution < -0.4 is 10.6 Å². The number of phenols is 1. The van der Waals surface area contributed by atoms with Crippen molar-refractivity contribution in [1.29, 1.82) is 5.26 Å². The Balaban J connectivity index is 1.34. The molecule has 5 rings (SSSR count). The maximum atomic E-state index is 13.1. The molecular weight excluding hydrogens is 548 g/mol. The number of hydrogen-bond donors (Lipinski definition) is 3. The number of aromatic nitrogens is 5. The van der Waals surface area contributed by atoms with Gasteiger partial charge in [0.2, 0.25) is 0 Å². The number of anilines is 1. The van der Waals surface area contributed by atoms with Crippen LogP contribution >= 0.6 is 11.8 Å². The number of nitrogens with zero attached hydrogens (tertiary/aromatic N) is 6. The summed E-state index contributed by atoms with van der Waals surface area (Å²) in [7, 11) is 0. The van der Waals surface area contributed by atoms with E-state index in [4.69, 9.17) is 5.10 Å². The first kappa shape index (κ1) is 28.7. The van der Waals surface area contributed by atoms with Gasteiger partial charge in [0.05, 0.1) is 16.9 Å². The Morgan fingerprint density at radius 1 is 1.10 bits per heavy atom. The van der Waals surface area contributed by atoms with Crippen LogP contribution in [0.2, 0.25) is 0 Å². The fourth-order valence-electron chi connectivity index (χ4n) is 4.33. The molecule has 0 atom stereocenters. The monoisotopic (exact) mass is 580 g/mol. The number of benzene rings is 2. The highest BCUT2D eigenvalue weighted by Gasteiger charge is 2.22. The quantitative estimate of drug-likeness (QED) is 0.203. The zero-order valence-electron chi connectivity index (χ0n) is 24.1. The molecule has 0 fully saturated rings. The maximum absolute atomic E-state index is 13.1. The largest absolute Gasteiger partial charge is 0.507 e. The molecule has 0 saturated heterocycles. The molecule has 3 aromatic heterocycles. The summed E-state index contributed by atoms with van der Waals surface area (Å²) in [5, 5.41) is 38.5. The van der Waals surface area contributed by atoms with Gasteiger partial charge in [0.25, 0.3) is 0 Å². The van der Waals surface area contributed by atoms with Crippen LogP contribution in [0, 0.1) is 11.3 Å². The van der Waals surface area contributed by atoms with Gasteiger partial charge in [-0.2, -0.15) is 10.4 Å². The normalized spacial score (nSPS) is 11.5. The summed E-state index contributed by atoms with van der Waals surface area (Å²) < 4.78 is 3.58. The summed E-state index contributed by atoms with van der Waals surface area (Å²) in [6, 6.07) is 19.9. The number of phenolic OH excluding ortho intramolecular Hbond substituents is 1. The number of aromatic hydroxyl groups is 1. The zero-order chi connectivity index (χ0) is 30.0. The Morgan fingerprint density at radius 2 is 1.88 bits per heavy atom. The number of amides is 2. The van der Waals surface area contributed by atoms with Crippen LogP contribution in [0.5, 0.6) is 5.75 Å². The lowest BCUT2D eigenvalue weighted by molar-refractivity contribution is 0.251. The molecule has 0 bridgehead atoms. The van der Waals surface area contributed by atoms with Crippen molar-refractivity contribution in [2.75, 3.05) is 5.32 Å². The molecule has 2 aromatic carbocycles. The molecule has 42 heavy (non-hydrogen) atoms. The van der Waals surface area contributed by atoms with E-state index in [9.17, 15) is 15.2 Å². The molecule has 3 heterocycles. The average Bonchev–Trinajstić information content (AvgIpc) is 3.57. The van der Waals surface area contributed by atoms with Crippen LogP contribution in [0.15, 0.2) is 76.7 Å². The molecule has 0 unspecified atom stereocenters. The van der Waals surface area contributed by atoms with Crippen molar-refractivity contribution in [1.82, 2.24) is 29.7 Å². The molecule has 0 aliphatic heterocycles. The Bertz CT molecular complexity index is 1810. The topological polar surface area (TPSA) is 133 Å². The molecule has 0 radical (unpaired) electrons. The highest BCUT2D eigenvalue weighted by molar-refractivity contribution is 7.99. The van der Waals surface area contributed by atoms with Gasteiger partial charge in [-0.05, 0) is 42.0 Å². The zero-order valence-corrected chi connectivity index (χ0v) is 24.9. The smallest absolute Gasteiger partial charge is 0.320 e. The number of carbonyl (C=O) groups excluding carboxylic acids is 1. The molecule has 11 heteroatoms. The Kier molecular flexibility index (Phi) is 7.91. The van der Waals surface area contributed by atoms with Crippen LogP contribution in [0.1, 0.15) is 63.2 Å². The highest BCUT2D eigenvalue weighted by Crippen LogP contribution is 2.32. The predicted octanol–water partition coefficient (Wildman–Crippen LogP) is 6.39. The van der Waals surface area contributed by atoms with Gasteiger partial charge in [-0.15, -0.1) is 10.2 Å². The molecule has 10 nitrogen and oxygen atoms in total. The highest BCUT2D eigenvalue weighted by atomic mass is 32.2. The van der Waals surface area contributed by atoms with Gasteiger partial charge in [0.1, 0.15) is 23.5 Å². The van der Waals surface area contributed by atoms with Gasteiger partial charge in [-0.25, -0.2) is 9.48 Å². The lowest BCUT2D eigenvalue weighted by Crippen LogP contribution is -2.29. The van der Waals surface area contributed by atoms with Gasteiger partial charge >= 0.3 is 6.03 Å². The van der Waals surface area contributed by atoms with E-state index in [0.717, 1.165) is 32.5 Å². The van der Waals surface area contributed by atoms with Gasteiger partial charge in [-0.3, -0.25) is 9.72 Å². The number of nitrogens with one attached hydrogen (secondary N) is 2. The molecule has 3 N–H and O–H groups in total. The second-order valence-corrected chi connectivity index (χ2v) is 12.3. The first-order valence-corrected chi connectivity index (χ1v) is 14.3. The minimum absolute atomic E-state index is 0.116. The fourth-order valence-corrected chi connectivity index (χ4v) is 5.30. The first-order valence-electron chi connectivity index (χ1n) is 13.5. The van der Waals surface area contributed by atoms with Gasteiger partial charge in [0, 0.05) is 39.9 Å². The van der Waals surface area contributed by atoms with Gasteiger partial charge < -0.3 is 10.4 Å². The summed E-state index contributed by atoms with van der Waals surface area (Å²) in [5.74, 6) is 1.48. The number of hydrogen-bond acceptors (Lipinski definition) is 7. The van der Waals surface area contributed by atoms with Crippen LogP contribution in [-0.4, -0.2) is 35.5 Å². The van der Waals surface area contributed by atoms with E-state index in [1.807, 2.05) is 79.9 Å². The molecular formula is C31H32N8O2S. The van der Waals surface area contributed by atoms with Crippen LogP contribution in [-0.2, 0) is 12.0 Å². The Labute approximate surface area is 248 Å². The molecule has 0 spiro atoms. The first-order chi connectivity index (χ1) is 20.0. The van der Waals surface area contributed by atoms with Gasteiger partial charge in [-0.1, -0.05) is 64.6 Å². The third kappa shape index (κ3) is 6.09. The Morgan fingerprint density at radius 3 is 2.62 bits per heavy atom. The summed E-state index contributed by atoms with van der Waals surface area (Å²) in [6.45, 7) is 10.6. The second-order valence-electron chi connectivity index (χ2n) is 11.2. The SMILES string of the molecule is CC(C)c1nnc2ccc(Sc3ccccc3CNC(=O)Nc3cc(C(C)(C)C)nn3-c3ccc(O)c(C#N)c3)cn12. The van der Waals surface area contributed by atoms with Gasteiger partial charge in [0.15, 0.2) is 5.65 Å². The van der Waals surface area contributed by atoms with Crippen molar-refractivity contribution >= 4 is 29.3 Å². The number of fused-ring (bicyclic) bond motifs is 1. The molecule has 214 valence electrons. The number of pyridine rings is 1. The van der Waals surface area contributed by atoms with Crippen LogP contribution in [0.25, 0.3) is 11.3 Å². The molecule has 5 aromatic rings. The molecule has 0 aliphatic carbocycles. The van der Waals surface area contributed by atoms with Crippen molar-refractivity contribution in [2.45, 2.75) is 62.3 Å². The van der Waals surface area contributed by atoms with E-state index >= 15 is 0 Å². The van der Waals surface area contributed by atoms with Crippen molar-refractivity contribution < 1.29 is 9.90 Å². The van der Waals surface area contributed by atoms with Crippen molar-refractivity contribution in [3.8, 4) is 17.5 Å². The van der Waals surface area contributed by atoms with Crippen molar-refractivity contribution in [2.24, 2.45) is 0 Å². The minimum atomic E-state index is -0.400. The molecule has 2 amide bonds. The third-order valence-corrected chi connectivity index (χ3v) is 7.72. The fraction of sp³-hybridized carbons (Fsp3) is 0.258. The average molecular weight is 581 g/mol. The predicted molar refractivity (Wildman–Crippen MR) is 162 cm³/mol. The lowest BCUT2D eigenvalue weighted by atomic mass is 9.92. The number of nitriles is 1. The summed E-state index contributed by atoms with van der Waals surface area (Å²) in [5.41, 5.74) is 2.91. The maximum Gasteiger partial charge on any atom is 0.320 e. The van der Waals surface area contributed by atoms with E-state index < -0.39 is 6.03 Å². The van der Waals surface area contributed by atoms with Crippen molar-refractivity contribution in [3.63, 3.8) is 0 Å². The summed E-state index contributed by atoms with van der Waals surface area (Å²) in [6.07, 6.45) is 2.04. The summed E-state index contributed by atoms with van der Waals surface area (Å²) >= 11 is 1.61. The number of rotatable bonds is 7. The number of carbonyl (C=O) groups is 1. The standard InChI is InChI=1S/C31H32N8O2S/c1-19(2)29-36-35-27-13-11-23(18-38(27)29)42-25-9-7-6-8-20(25)17-33-30(41)34-28-15-26(31(3,4)5)37-39(28)22-10-12-24(40)21(14-22)16-32/h6-15,18-19,40H,17H2,1-5H3,(H2,33,34,41).